The zero-order valence-corrected chi connectivity index (χ0v) is 11.1. The third-order valence-corrected chi connectivity index (χ3v) is 3.58. The molecule has 1 aromatic heterocycles. The van der Waals surface area contributed by atoms with Gasteiger partial charge < -0.3 is 4.90 Å². The molecule has 0 bridgehead atoms. The predicted molar refractivity (Wildman–Crippen MR) is 74.1 cm³/mol. The summed E-state index contributed by atoms with van der Waals surface area (Å²) < 4.78 is 27.3. The number of nitriles is 1. The zero-order valence-electron chi connectivity index (χ0n) is 11.1. The Balaban J connectivity index is 1.95. The van der Waals surface area contributed by atoms with E-state index in [1.165, 1.54) is 6.07 Å². The minimum absolute atomic E-state index is 0.254. The lowest BCUT2D eigenvalue weighted by atomic mass is 10.0. The van der Waals surface area contributed by atoms with Crippen LogP contribution in [0.1, 0.15) is 30.1 Å². The van der Waals surface area contributed by atoms with Crippen molar-refractivity contribution in [3.63, 3.8) is 0 Å². The summed E-state index contributed by atoms with van der Waals surface area (Å²) in [6, 6.07) is 8.58. The van der Waals surface area contributed by atoms with Gasteiger partial charge in [0.25, 0.3) is 0 Å². The normalized spacial score (nSPS) is 17.8. The molecule has 0 unspecified atom stereocenters. The van der Waals surface area contributed by atoms with E-state index in [0.29, 0.717) is 17.7 Å². The van der Waals surface area contributed by atoms with E-state index in [1.54, 1.807) is 18.3 Å². The van der Waals surface area contributed by atoms with Crippen LogP contribution in [0, 0.1) is 29.5 Å². The average molecular weight is 284 g/mol. The van der Waals surface area contributed by atoms with Gasteiger partial charge in [-0.15, -0.1) is 0 Å². The first-order valence-corrected chi connectivity index (χ1v) is 6.62. The van der Waals surface area contributed by atoms with E-state index in [0.717, 1.165) is 24.2 Å². The molecule has 0 spiro atoms. The molecule has 21 heavy (non-hydrogen) atoms. The van der Waals surface area contributed by atoms with Crippen molar-refractivity contribution in [1.29, 1.82) is 5.26 Å². The zero-order chi connectivity index (χ0) is 14.8. The van der Waals surface area contributed by atoms with Crippen LogP contribution in [0.3, 0.4) is 0 Å². The van der Waals surface area contributed by atoms with Crippen LogP contribution in [0.2, 0.25) is 0 Å². The summed E-state index contributed by atoms with van der Waals surface area (Å²) in [7, 11) is 0. The maximum atomic E-state index is 14.0. The molecular formula is C16H12F2N3. The second kappa shape index (κ2) is 5.49. The Morgan fingerprint density at radius 3 is 2.81 bits per heavy atom. The van der Waals surface area contributed by atoms with Crippen LogP contribution in [-0.2, 0) is 0 Å². The van der Waals surface area contributed by atoms with E-state index < -0.39 is 11.6 Å². The van der Waals surface area contributed by atoms with E-state index in [4.69, 9.17) is 5.26 Å². The van der Waals surface area contributed by atoms with E-state index in [9.17, 15) is 8.78 Å². The highest BCUT2D eigenvalue weighted by Gasteiger charge is 2.29. The molecule has 2 heterocycles. The lowest BCUT2D eigenvalue weighted by Gasteiger charge is -2.26. The van der Waals surface area contributed by atoms with Gasteiger partial charge in [0.1, 0.15) is 23.4 Å². The quantitative estimate of drug-likeness (QED) is 0.843. The Labute approximate surface area is 121 Å². The second-order valence-corrected chi connectivity index (χ2v) is 4.86. The van der Waals surface area contributed by atoms with Crippen LogP contribution >= 0.6 is 0 Å². The van der Waals surface area contributed by atoms with Gasteiger partial charge in [0.2, 0.25) is 0 Å². The third-order valence-electron chi connectivity index (χ3n) is 3.58. The lowest BCUT2D eigenvalue weighted by Crippen LogP contribution is -2.20. The minimum Gasteiger partial charge on any atom is -0.358 e. The van der Waals surface area contributed by atoms with Crippen molar-refractivity contribution < 1.29 is 8.78 Å². The fourth-order valence-corrected chi connectivity index (χ4v) is 2.60. The number of pyridine rings is 1. The first-order chi connectivity index (χ1) is 10.2. The van der Waals surface area contributed by atoms with Crippen LogP contribution in [-0.4, -0.2) is 4.98 Å². The largest absolute Gasteiger partial charge is 0.358 e. The SMILES string of the molecule is N#Cc1ccc(N2[CH]CC[C@@H]2c2cc(F)ccc2F)cn1. The molecule has 2 aromatic rings. The number of hydrogen-bond acceptors (Lipinski definition) is 3. The van der Waals surface area contributed by atoms with E-state index in [2.05, 4.69) is 4.98 Å². The number of aromatic nitrogens is 1. The Kier molecular flexibility index (Phi) is 3.53. The topological polar surface area (TPSA) is 39.9 Å². The maximum absolute atomic E-state index is 14.0. The second-order valence-electron chi connectivity index (χ2n) is 4.86. The molecule has 0 aliphatic carbocycles. The van der Waals surface area contributed by atoms with Gasteiger partial charge in [-0.2, -0.15) is 5.26 Å². The van der Waals surface area contributed by atoms with Gasteiger partial charge in [0, 0.05) is 5.56 Å². The molecule has 5 heteroatoms. The van der Waals surface area contributed by atoms with Crippen LogP contribution in [0.25, 0.3) is 0 Å². The number of rotatable bonds is 2. The van der Waals surface area contributed by atoms with Crippen LogP contribution in [0.15, 0.2) is 36.5 Å². The van der Waals surface area contributed by atoms with Crippen molar-refractivity contribution in [2.45, 2.75) is 18.9 Å². The molecule has 0 N–H and O–H groups in total. The standard InChI is InChI=1S/C16H12F2N3/c17-11-3-6-15(18)14(8-11)16-2-1-7-21(16)13-5-4-12(9-19)20-10-13/h3-8,10,16H,1-2H2/t16-/m1/s1. The highest BCUT2D eigenvalue weighted by Crippen LogP contribution is 2.39. The van der Waals surface area contributed by atoms with Crippen molar-refractivity contribution in [3.8, 4) is 6.07 Å². The predicted octanol–water partition coefficient (Wildman–Crippen LogP) is 3.73. The van der Waals surface area contributed by atoms with E-state index in [1.807, 2.05) is 17.5 Å². The van der Waals surface area contributed by atoms with Crippen molar-refractivity contribution >= 4 is 5.69 Å². The molecule has 1 aliphatic heterocycles. The number of hydrogen-bond donors (Lipinski definition) is 0. The first kappa shape index (κ1) is 13.5. The summed E-state index contributed by atoms with van der Waals surface area (Å²) in [5.74, 6) is -0.862. The molecule has 0 saturated carbocycles. The van der Waals surface area contributed by atoms with Crippen molar-refractivity contribution in [1.82, 2.24) is 4.98 Å². The van der Waals surface area contributed by atoms with E-state index >= 15 is 0 Å². The molecule has 105 valence electrons. The fraction of sp³-hybridized carbons (Fsp3) is 0.188. The number of nitrogens with zero attached hydrogens (tertiary/aromatic N) is 3. The average Bonchev–Trinajstić information content (AvgIpc) is 2.99. The van der Waals surface area contributed by atoms with Gasteiger partial charge in [0.15, 0.2) is 0 Å². The van der Waals surface area contributed by atoms with Crippen molar-refractivity contribution in [2.24, 2.45) is 0 Å². The molecule has 1 aromatic carbocycles. The number of halogens is 2. The van der Waals surface area contributed by atoms with Crippen LogP contribution in [0.5, 0.6) is 0 Å². The molecule has 1 fully saturated rings. The number of anilines is 1. The van der Waals surface area contributed by atoms with Crippen molar-refractivity contribution in [2.75, 3.05) is 4.90 Å². The van der Waals surface area contributed by atoms with E-state index in [-0.39, 0.29) is 6.04 Å². The fourth-order valence-electron chi connectivity index (χ4n) is 2.60. The summed E-state index contributed by atoms with van der Waals surface area (Å²) >= 11 is 0. The van der Waals surface area contributed by atoms with Crippen molar-refractivity contribution in [3.05, 3.63) is 66.0 Å². The Morgan fingerprint density at radius 1 is 1.24 bits per heavy atom. The summed E-state index contributed by atoms with van der Waals surface area (Å²) in [6.45, 7) is 1.94. The van der Waals surface area contributed by atoms with Gasteiger partial charge in [-0.1, -0.05) is 0 Å². The Bertz CT molecular complexity index is 692. The van der Waals surface area contributed by atoms with Gasteiger partial charge >= 0.3 is 0 Å². The molecule has 1 radical (unpaired) electrons. The summed E-state index contributed by atoms with van der Waals surface area (Å²) in [4.78, 5) is 5.90. The molecule has 1 aliphatic rings. The Morgan fingerprint density at radius 2 is 2.10 bits per heavy atom. The first-order valence-electron chi connectivity index (χ1n) is 6.62. The minimum atomic E-state index is -0.448. The molecule has 0 amide bonds. The highest BCUT2D eigenvalue weighted by molar-refractivity contribution is 5.52. The highest BCUT2D eigenvalue weighted by atomic mass is 19.1. The monoisotopic (exact) mass is 284 g/mol. The summed E-state index contributed by atoms with van der Waals surface area (Å²) in [5.41, 5.74) is 1.43. The van der Waals surface area contributed by atoms with Crippen LogP contribution < -0.4 is 4.90 Å². The molecule has 3 nitrogen and oxygen atoms in total. The lowest BCUT2D eigenvalue weighted by molar-refractivity contribution is 0.562. The van der Waals surface area contributed by atoms with Gasteiger partial charge in [0.05, 0.1) is 24.5 Å². The molecular weight excluding hydrogens is 272 g/mol. The summed E-state index contributed by atoms with van der Waals surface area (Å²) in [5, 5.41) is 8.77. The van der Waals surface area contributed by atoms with Crippen LogP contribution in [0.4, 0.5) is 14.5 Å². The molecule has 1 saturated heterocycles. The molecule has 3 rings (SSSR count). The molecule has 1 atom stereocenters. The third kappa shape index (κ3) is 2.57. The van der Waals surface area contributed by atoms with Gasteiger partial charge in [-0.05, 0) is 43.2 Å². The summed E-state index contributed by atoms with van der Waals surface area (Å²) in [6.07, 6.45) is 3.06. The number of benzene rings is 1. The van der Waals surface area contributed by atoms with Gasteiger partial charge in [-0.3, -0.25) is 0 Å². The smallest absolute Gasteiger partial charge is 0.140 e. The maximum Gasteiger partial charge on any atom is 0.140 e. The van der Waals surface area contributed by atoms with Gasteiger partial charge in [-0.25, -0.2) is 13.8 Å². The Hall–Kier alpha value is -2.48.